The molecule has 0 aliphatic heterocycles. The van der Waals surface area contributed by atoms with E-state index < -0.39 is 0 Å². The zero-order chi connectivity index (χ0) is 14.4. The van der Waals surface area contributed by atoms with Gasteiger partial charge in [0.1, 0.15) is 0 Å². The molecule has 0 unspecified atom stereocenters. The number of amides is 1. The molecule has 1 amide bonds. The van der Waals surface area contributed by atoms with Crippen molar-refractivity contribution in [1.82, 2.24) is 4.90 Å². The largest absolute Gasteiger partial charge is 0.385 e. The second-order valence-corrected chi connectivity index (χ2v) is 5.70. The molecular weight excluding hydrogens is 248 g/mol. The first-order chi connectivity index (χ1) is 9.74. The van der Waals surface area contributed by atoms with Gasteiger partial charge in [-0.1, -0.05) is 13.8 Å². The molecule has 0 spiro atoms. The molecule has 3 heteroatoms. The van der Waals surface area contributed by atoms with E-state index >= 15 is 0 Å². The summed E-state index contributed by atoms with van der Waals surface area (Å²) in [5.41, 5.74) is 1.90. The zero-order valence-corrected chi connectivity index (χ0v) is 12.7. The molecule has 1 aliphatic rings. The van der Waals surface area contributed by atoms with E-state index in [-0.39, 0.29) is 5.91 Å². The van der Waals surface area contributed by atoms with E-state index in [4.69, 9.17) is 0 Å². The zero-order valence-electron chi connectivity index (χ0n) is 12.7. The standard InChI is InChI=1S/C17H26N2O/c1-3-11-18-16-9-7-15(8-10-16)17(20)19(12-4-2)13-14-5-6-14/h7-10,14,18H,3-6,11-13H2,1-2H3. The van der Waals surface area contributed by atoms with E-state index in [2.05, 4.69) is 19.2 Å². The molecule has 1 aromatic carbocycles. The minimum atomic E-state index is 0.181. The van der Waals surface area contributed by atoms with Gasteiger partial charge in [0, 0.05) is 30.9 Å². The molecule has 0 bridgehead atoms. The van der Waals surface area contributed by atoms with Crippen LogP contribution in [-0.4, -0.2) is 30.4 Å². The van der Waals surface area contributed by atoms with Crippen molar-refractivity contribution in [2.24, 2.45) is 5.92 Å². The van der Waals surface area contributed by atoms with Crippen LogP contribution in [0, 0.1) is 5.92 Å². The van der Waals surface area contributed by atoms with Gasteiger partial charge in [0.25, 0.3) is 5.91 Å². The first-order valence-electron chi connectivity index (χ1n) is 7.87. The van der Waals surface area contributed by atoms with Gasteiger partial charge >= 0.3 is 0 Å². The lowest BCUT2D eigenvalue weighted by Crippen LogP contribution is -2.33. The van der Waals surface area contributed by atoms with Crippen molar-refractivity contribution < 1.29 is 4.79 Å². The van der Waals surface area contributed by atoms with Crippen LogP contribution in [0.3, 0.4) is 0 Å². The highest BCUT2D eigenvalue weighted by Crippen LogP contribution is 2.30. The van der Waals surface area contributed by atoms with Crippen molar-refractivity contribution in [3.05, 3.63) is 29.8 Å². The van der Waals surface area contributed by atoms with Crippen LogP contribution in [0.5, 0.6) is 0 Å². The number of hydrogen-bond acceptors (Lipinski definition) is 2. The fourth-order valence-corrected chi connectivity index (χ4v) is 2.34. The Morgan fingerprint density at radius 1 is 1.20 bits per heavy atom. The Morgan fingerprint density at radius 2 is 1.90 bits per heavy atom. The number of nitrogens with zero attached hydrogens (tertiary/aromatic N) is 1. The minimum absolute atomic E-state index is 0.181. The fourth-order valence-electron chi connectivity index (χ4n) is 2.34. The van der Waals surface area contributed by atoms with Crippen LogP contribution in [0.25, 0.3) is 0 Å². The van der Waals surface area contributed by atoms with Gasteiger partial charge in [0.15, 0.2) is 0 Å². The van der Waals surface area contributed by atoms with Crippen molar-refractivity contribution >= 4 is 11.6 Å². The molecule has 0 atom stereocenters. The molecule has 0 radical (unpaired) electrons. The van der Waals surface area contributed by atoms with Gasteiger partial charge in [0.05, 0.1) is 0 Å². The van der Waals surface area contributed by atoms with Crippen molar-refractivity contribution in [3.63, 3.8) is 0 Å². The molecule has 2 rings (SSSR count). The average molecular weight is 274 g/mol. The third-order valence-electron chi connectivity index (χ3n) is 3.67. The highest BCUT2D eigenvalue weighted by Gasteiger charge is 2.26. The second-order valence-electron chi connectivity index (χ2n) is 5.70. The second kappa shape index (κ2) is 7.32. The first kappa shape index (κ1) is 14.9. The van der Waals surface area contributed by atoms with E-state index in [1.54, 1.807) is 0 Å². The van der Waals surface area contributed by atoms with Gasteiger partial charge in [-0.3, -0.25) is 4.79 Å². The molecule has 1 aromatic rings. The van der Waals surface area contributed by atoms with E-state index in [9.17, 15) is 4.79 Å². The van der Waals surface area contributed by atoms with Crippen molar-refractivity contribution in [2.45, 2.75) is 39.5 Å². The molecule has 0 aromatic heterocycles. The van der Waals surface area contributed by atoms with E-state index in [1.165, 1.54) is 12.8 Å². The predicted molar refractivity (Wildman–Crippen MR) is 84.1 cm³/mol. The van der Waals surface area contributed by atoms with E-state index in [1.807, 2.05) is 29.2 Å². The molecule has 1 N–H and O–H groups in total. The third-order valence-corrected chi connectivity index (χ3v) is 3.67. The highest BCUT2D eigenvalue weighted by atomic mass is 16.2. The maximum atomic E-state index is 12.5. The fraction of sp³-hybridized carbons (Fsp3) is 0.588. The topological polar surface area (TPSA) is 32.3 Å². The van der Waals surface area contributed by atoms with E-state index in [0.717, 1.165) is 49.6 Å². The summed E-state index contributed by atoms with van der Waals surface area (Å²) in [5.74, 6) is 0.928. The summed E-state index contributed by atoms with van der Waals surface area (Å²) in [6.07, 6.45) is 4.70. The monoisotopic (exact) mass is 274 g/mol. The van der Waals surface area contributed by atoms with Crippen molar-refractivity contribution in [2.75, 3.05) is 25.0 Å². The predicted octanol–water partition coefficient (Wildman–Crippen LogP) is 3.77. The molecule has 3 nitrogen and oxygen atoms in total. The highest BCUT2D eigenvalue weighted by molar-refractivity contribution is 5.94. The van der Waals surface area contributed by atoms with Gasteiger partial charge in [-0.05, 0) is 55.9 Å². The first-order valence-corrected chi connectivity index (χ1v) is 7.87. The number of rotatable bonds is 8. The van der Waals surface area contributed by atoms with Gasteiger partial charge in [-0.25, -0.2) is 0 Å². The normalized spacial score (nSPS) is 14.1. The lowest BCUT2D eigenvalue weighted by Gasteiger charge is -2.22. The Labute approximate surface area is 122 Å². The number of nitrogens with one attached hydrogen (secondary N) is 1. The molecule has 0 saturated heterocycles. The average Bonchev–Trinajstić information content (AvgIpc) is 3.28. The Hall–Kier alpha value is -1.51. The summed E-state index contributed by atoms with van der Waals surface area (Å²) in [6.45, 7) is 7.04. The smallest absolute Gasteiger partial charge is 0.253 e. The molecule has 1 saturated carbocycles. The van der Waals surface area contributed by atoms with Gasteiger partial charge in [-0.2, -0.15) is 0 Å². The van der Waals surface area contributed by atoms with Gasteiger partial charge in [-0.15, -0.1) is 0 Å². The van der Waals surface area contributed by atoms with Crippen LogP contribution in [-0.2, 0) is 0 Å². The SMILES string of the molecule is CCCNc1ccc(C(=O)N(CCC)CC2CC2)cc1. The Bertz CT molecular complexity index is 423. The summed E-state index contributed by atoms with van der Waals surface area (Å²) in [6, 6.07) is 7.89. The summed E-state index contributed by atoms with van der Waals surface area (Å²) < 4.78 is 0. The summed E-state index contributed by atoms with van der Waals surface area (Å²) in [5, 5.41) is 3.33. The summed E-state index contributed by atoms with van der Waals surface area (Å²) >= 11 is 0. The molecule has 1 fully saturated rings. The number of anilines is 1. The number of carbonyl (C=O) groups is 1. The quantitative estimate of drug-likeness (QED) is 0.782. The maximum Gasteiger partial charge on any atom is 0.253 e. The summed E-state index contributed by atoms with van der Waals surface area (Å²) in [4.78, 5) is 14.5. The van der Waals surface area contributed by atoms with Crippen LogP contribution in [0.4, 0.5) is 5.69 Å². The molecule has 0 heterocycles. The molecular formula is C17H26N2O. The Balaban J connectivity index is 1.98. The van der Waals surface area contributed by atoms with Crippen LogP contribution in [0.1, 0.15) is 49.9 Å². The number of carbonyl (C=O) groups excluding carboxylic acids is 1. The number of benzene rings is 1. The molecule has 110 valence electrons. The third kappa shape index (κ3) is 4.26. The summed E-state index contributed by atoms with van der Waals surface area (Å²) in [7, 11) is 0. The van der Waals surface area contributed by atoms with Crippen LogP contribution < -0.4 is 5.32 Å². The van der Waals surface area contributed by atoms with Gasteiger partial charge in [0.2, 0.25) is 0 Å². The van der Waals surface area contributed by atoms with Crippen molar-refractivity contribution in [1.29, 1.82) is 0 Å². The van der Waals surface area contributed by atoms with Crippen LogP contribution >= 0.6 is 0 Å². The maximum absolute atomic E-state index is 12.5. The Morgan fingerprint density at radius 3 is 2.45 bits per heavy atom. The van der Waals surface area contributed by atoms with Crippen LogP contribution in [0.15, 0.2) is 24.3 Å². The lowest BCUT2D eigenvalue weighted by atomic mass is 10.1. The van der Waals surface area contributed by atoms with Gasteiger partial charge < -0.3 is 10.2 Å². The molecule has 1 aliphatic carbocycles. The van der Waals surface area contributed by atoms with Crippen LogP contribution in [0.2, 0.25) is 0 Å². The lowest BCUT2D eigenvalue weighted by molar-refractivity contribution is 0.0748. The van der Waals surface area contributed by atoms with E-state index in [0.29, 0.717) is 0 Å². The molecule has 20 heavy (non-hydrogen) atoms. The number of hydrogen-bond donors (Lipinski definition) is 1. The minimum Gasteiger partial charge on any atom is -0.385 e. The Kier molecular flexibility index (Phi) is 5.45. The van der Waals surface area contributed by atoms with Crippen molar-refractivity contribution in [3.8, 4) is 0 Å².